The summed E-state index contributed by atoms with van der Waals surface area (Å²) < 4.78 is 5.46. The molecule has 0 aromatic carbocycles. The second-order valence-electron chi connectivity index (χ2n) is 19.6. The first-order valence-electron chi connectivity index (χ1n) is 29.1. The highest BCUT2D eigenvalue weighted by Gasteiger charge is 2.18. The molecule has 0 aliphatic heterocycles. The number of hydrogen-bond donors (Lipinski definition) is 3. The van der Waals surface area contributed by atoms with Crippen LogP contribution >= 0.6 is 0 Å². The van der Waals surface area contributed by atoms with Gasteiger partial charge in [-0.25, -0.2) is 0 Å². The minimum absolute atomic E-state index is 0.00975. The highest BCUT2D eigenvalue weighted by Crippen LogP contribution is 2.15. The Morgan fingerprint density at radius 3 is 1.19 bits per heavy atom. The van der Waals surface area contributed by atoms with Gasteiger partial charge in [-0.1, -0.05) is 248 Å². The fraction of sp³-hybridized carbons (Fsp3) is 0.803. The second-order valence-corrected chi connectivity index (χ2v) is 19.6. The Morgan fingerprint density at radius 2 is 0.776 bits per heavy atom. The topological polar surface area (TPSA) is 95.9 Å². The van der Waals surface area contributed by atoms with E-state index in [0.717, 1.165) is 70.6 Å². The molecule has 6 nitrogen and oxygen atoms in total. The van der Waals surface area contributed by atoms with Crippen LogP contribution < -0.4 is 5.32 Å². The Kier molecular flexibility index (Phi) is 54.1. The maximum atomic E-state index is 12.4. The summed E-state index contributed by atoms with van der Waals surface area (Å²) in [6.07, 6.45) is 72.4. The normalized spacial score (nSPS) is 13.1. The lowest BCUT2D eigenvalue weighted by Gasteiger charge is -2.20. The van der Waals surface area contributed by atoms with E-state index in [1.54, 1.807) is 6.08 Å². The number of esters is 1. The Hall–Kier alpha value is -2.44. The summed E-state index contributed by atoms with van der Waals surface area (Å²) in [6, 6.07) is -0.636. The fourth-order valence-electron chi connectivity index (χ4n) is 8.52. The van der Waals surface area contributed by atoms with Crippen LogP contribution in [0.3, 0.4) is 0 Å². The van der Waals surface area contributed by atoms with Crippen molar-refractivity contribution < 1.29 is 24.5 Å². The van der Waals surface area contributed by atoms with Crippen molar-refractivity contribution in [2.75, 3.05) is 13.2 Å². The van der Waals surface area contributed by atoms with E-state index >= 15 is 0 Å². The predicted molar refractivity (Wildman–Crippen MR) is 292 cm³/mol. The van der Waals surface area contributed by atoms with Gasteiger partial charge in [-0.05, 0) is 89.9 Å². The number of ether oxygens (including phenoxy) is 1. The van der Waals surface area contributed by atoms with Gasteiger partial charge in [-0.2, -0.15) is 0 Å². The van der Waals surface area contributed by atoms with Gasteiger partial charge in [-0.15, -0.1) is 0 Å². The lowest BCUT2D eigenvalue weighted by molar-refractivity contribution is -0.143. The van der Waals surface area contributed by atoms with Crippen molar-refractivity contribution in [1.29, 1.82) is 0 Å². The maximum Gasteiger partial charge on any atom is 0.305 e. The molecule has 0 spiro atoms. The van der Waals surface area contributed by atoms with Crippen molar-refractivity contribution in [3.8, 4) is 0 Å². The summed E-state index contributed by atoms with van der Waals surface area (Å²) >= 11 is 0. The minimum atomic E-state index is -0.852. The third kappa shape index (κ3) is 52.8. The smallest absolute Gasteiger partial charge is 0.305 e. The third-order valence-electron chi connectivity index (χ3n) is 13.0. The molecule has 0 fully saturated rings. The van der Waals surface area contributed by atoms with Crippen LogP contribution in [-0.4, -0.2) is 47.4 Å². The number of aliphatic hydroxyl groups is 2. The molecule has 1 amide bonds. The van der Waals surface area contributed by atoms with E-state index in [1.807, 2.05) is 6.08 Å². The van der Waals surface area contributed by atoms with Crippen LogP contribution in [0.15, 0.2) is 60.8 Å². The standard InChI is InChI=1S/C61H111NO5/c1-3-5-7-9-11-13-15-17-30-33-37-41-45-49-53-59(64)58(57-63)62-60(65)54-50-46-42-38-34-31-27-25-23-21-19-18-20-22-24-26-28-32-36-40-44-48-52-56-67-61(66)55-51-47-43-39-35-29-16-14-12-10-8-6-4-2/h8,10,14,16,18,20-21,23,49,53,58-59,63-64H,3-7,9,11-13,15,17,19,22,24-48,50-52,54-57H2,1-2H3,(H,62,65)/b10-8-,16-14-,20-18-,23-21-,53-49+. The highest BCUT2D eigenvalue weighted by atomic mass is 16.5. The van der Waals surface area contributed by atoms with Crippen molar-refractivity contribution in [2.24, 2.45) is 0 Å². The number of nitrogens with one attached hydrogen (secondary N) is 1. The lowest BCUT2D eigenvalue weighted by atomic mass is 10.0. The molecule has 0 radical (unpaired) electrons. The van der Waals surface area contributed by atoms with E-state index in [9.17, 15) is 19.8 Å². The molecular weight excluding hydrogens is 827 g/mol. The summed E-state index contributed by atoms with van der Waals surface area (Å²) in [5.74, 6) is -0.0892. The molecule has 0 heterocycles. The Morgan fingerprint density at radius 1 is 0.418 bits per heavy atom. The Bertz CT molecular complexity index is 1170. The van der Waals surface area contributed by atoms with Crippen LogP contribution in [-0.2, 0) is 14.3 Å². The number of unbranched alkanes of at least 4 members (excludes halogenated alkanes) is 34. The summed E-state index contributed by atoms with van der Waals surface area (Å²) in [4.78, 5) is 24.4. The van der Waals surface area contributed by atoms with Crippen molar-refractivity contribution in [2.45, 2.75) is 302 Å². The molecule has 67 heavy (non-hydrogen) atoms. The molecule has 0 aliphatic carbocycles. The first-order valence-corrected chi connectivity index (χ1v) is 29.1. The SMILES string of the molecule is CCC/C=C\C/C=C\CCCCCCCC(=O)OCCCCCCCCCCC/C=C\C/C=C\CCCCCCCCCC(=O)NC(CO)C(O)/C=C/CCCCCCCCCCCCCC. The minimum Gasteiger partial charge on any atom is -0.466 e. The average molecular weight is 939 g/mol. The van der Waals surface area contributed by atoms with Crippen LogP contribution in [0.2, 0.25) is 0 Å². The van der Waals surface area contributed by atoms with E-state index in [1.165, 1.54) is 193 Å². The molecule has 0 saturated carbocycles. The number of aliphatic hydroxyl groups excluding tert-OH is 2. The number of rotatable bonds is 53. The summed E-state index contributed by atoms with van der Waals surface area (Å²) in [5, 5.41) is 23.1. The molecule has 0 aromatic heterocycles. The quantitative estimate of drug-likeness (QED) is 0.0321. The van der Waals surface area contributed by atoms with E-state index in [-0.39, 0.29) is 18.5 Å². The number of carbonyl (C=O) groups excluding carboxylic acids is 2. The molecule has 2 unspecified atom stereocenters. The van der Waals surface area contributed by atoms with E-state index in [4.69, 9.17) is 4.74 Å². The highest BCUT2D eigenvalue weighted by molar-refractivity contribution is 5.76. The molecule has 0 aliphatic rings. The first kappa shape index (κ1) is 64.6. The number of allylic oxidation sites excluding steroid dienone is 9. The van der Waals surface area contributed by atoms with Gasteiger partial charge in [0.1, 0.15) is 0 Å². The van der Waals surface area contributed by atoms with E-state index in [0.29, 0.717) is 19.4 Å². The summed E-state index contributed by atoms with van der Waals surface area (Å²) in [6.45, 7) is 4.82. The average Bonchev–Trinajstić information content (AvgIpc) is 3.33. The summed E-state index contributed by atoms with van der Waals surface area (Å²) in [7, 11) is 0. The van der Waals surface area contributed by atoms with Crippen LogP contribution in [0.5, 0.6) is 0 Å². The second kappa shape index (κ2) is 56.2. The third-order valence-corrected chi connectivity index (χ3v) is 13.0. The molecular formula is C61H111NO5. The number of amides is 1. The van der Waals surface area contributed by atoms with Gasteiger partial charge in [0, 0.05) is 12.8 Å². The first-order chi connectivity index (χ1) is 33.0. The van der Waals surface area contributed by atoms with Crippen molar-refractivity contribution in [3.05, 3.63) is 60.8 Å². The Balaban J connectivity index is 3.49. The van der Waals surface area contributed by atoms with Crippen LogP contribution in [0.1, 0.15) is 290 Å². The zero-order valence-electron chi connectivity index (χ0n) is 44.4. The zero-order valence-corrected chi connectivity index (χ0v) is 44.4. The van der Waals surface area contributed by atoms with Gasteiger partial charge >= 0.3 is 5.97 Å². The molecule has 0 rings (SSSR count). The Labute approximate surface area is 416 Å². The van der Waals surface area contributed by atoms with Crippen LogP contribution in [0, 0.1) is 0 Å². The van der Waals surface area contributed by atoms with Gasteiger partial charge in [0.05, 0.1) is 25.4 Å². The molecule has 390 valence electrons. The molecule has 0 bridgehead atoms. The molecule has 0 aromatic rings. The maximum absolute atomic E-state index is 12.4. The number of carbonyl (C=O) groups is 2. The number of hydrogen-bond acceptors (Lipinski definition) is 5. The van der Waals surface area contributed by atoms with Gasteiger partial charge in [0.15, 0.2) is 0 Å². The molecule has 2 atom stereocenters. The monoisotopic (exact) mass is 938 g/mol. The largest absolute Gasteiger partial charge is 0.466 e. The van der Waals surface area contributed by atoms with Crippen molar-refractivity contribution >= 4 is 11.9 Å². The van der Waals surface area contributed by atoms with Crippen LogP contribution in [0.25, 0.3) is 0 Å². The predicted octanol–water partition coefficient (Wildman–Crippen LogP) is 18.0. The van der Waals surface area contributed by atoms with Crippen molar-refractivity contribution in [1.82, 2.24) is 5.32 Å². The summed E-state index contributed by atoms with van der Waals surface area (Å²) in [5.41, 5.74) is 0. The molecule has 0 saturated heterocycles. The van der Waals surface area contributed by atoms with Gasteiger partial charge in [0.2, 0.25) is 5.91 Å². The van der Waals surface area contributed by atoms with Gasteiger partial charge < -0.3 is 20.3 Å². The van der Waals surface area contributed by atoms with Crippen LogP contribution in [0.4, 0.5) is 0 Å². The fourth-order valence-corrected chi connectivity index (χ4v) is 8.52. The van der Waals surface area contributed by atoms with Crippen molar-refractivity contribution in [3.63, 3.8) is 0 Å². The van der Waals surface area contributed by atoms with E-state index < -0.39 is 12.1 Å². The molecule has 6 heteroatoms. The van der Waals surface area contributed by atoms with Gasteiger partial charge in [0.25, 0.3) is 0 Å². The lowest BCUT2D eigenvalue weighted by Crippen LogP contribution is -2.45. The van der Waals surface area contributed by atoms with Gasteiger partial charge in [-0.3, -0.25) is 9.59 Å². The molecule has 3 N–H and O–H groups in total. The zero-order chi connectivity index (χ0) is 48.6. The van der Waals surface area contributed by atoms with E-state index in [2.05, 4.69) is 67.8 Å².